The molecule has 0 spiro atoms. The van der Waals surface area contributed by atoms with E-state index < -0.39 is 0 Å². The minimum Gasteiger partial charge on any atom is -0.369 e. The standard InChI is InChI=1S/C15H26Cl2N4/c1-6-7-18-14-11(16)8-12(17)15(20-14)19-13(10(2)3)9-21(4)5/h8,10,13H,6-7,9H2,1-5H3,(H2,18,19,20). The third-order valence-electron chi connectivity index (χ3n) is 3.16. The van der Waals surface area contributed by atoms with E-state index in [0.29, 0.717) is 27.6 Å². The molecule has 0 fully saturated rings. The van der Waals surface area contributed by atoms with Gasteiger partial charge in [-0.2, -0.15) is 0 Å². The lowest BCUT2D eigenvalue weighted by Crippen LogP contribution is -2.36. The molecule has 0 aliphatic heterocycles. The van der Waals surface area contributed by atoms with Gasteiger partial charge in [-0.15, -0.1) is 0 Å². The first-order chi connectivity index (χ1) is 9.85. The molecular formula is C15H26Cl2N4. The number of likely N-dealkylation sites (N-methyl/N-ethyl adjacent to an activating group) is 1. The van der Waals surface area contributed by atoms with Gasteiger partial charge in [-0.3, -0.25) is 0 Å². The van der Waals surface area contributed by atoms with Crippen LogP contribution in [0.3, 0.4) is 0 Å². The second-order valence-corrected chi connectivity index (χ2v) is 6.65. The van der Waals surface area contributed by atoms with Crippen LogP contribution in [0.1, 0.15) is 27.2 Å². The molecule has 1 aromatic rings. The number of pyridine rings is 1. The van der Waals surface area contributed by atoms with Gasteiger partial charge in [-0.05, 0) is 32.5 Å². The summed E-state index contributed by atoms with van der Waals surface area (Å²) in [5.41, 5.74) is 0. The van der Waals surface area contributed by atoms with Gasteiger partial charge in [0.2, 0.25) is 0 Å². The Bertz CT molecular complexity index is 450. The van der Waals surface area contributed by atoms with E-state index in [0.717, 1.165) is 19.5 Å². The van der Waals surface area contributed by atoms with Crippen LogP contribution in [0.15, 0.2) is 6.07 Å². The maximum Gasteiger partial charge on any atom is 0.147 e. The first-order valence-electron chi connectivity index (χ1n) is 7.36. The first kappa shape index (κ1) is 18.3. The molecule has 0 amide bonds. The molecule has 1 aromatic heterocycles. The molecule has 0 bridgehead atoms. The summed E-state index contributed by atoms with van der Waals surface area (Å²) < 4.78 is 0. The molecule has 2 N–H and O–H groups in total. The molecule has 1 unspecified atom stereocenters. The lowest BCUT2D eigenvalue weighted by molar-refractivity contribution is 0.344. The van der Waals surface area contributed by atoms with E-state index in [1.54, 1.807) is 6.07 Å². The normalized spacial score (nSPS) is 12.8. The van der Waals surface area contributed by atoms with Crippen molar-refractivity contribution in [3.05, 3.63) is 16.1 Å². The molecule has 0 aromatic carbocycles. The van der Waals surface area contributed by atoms with Crippen molar-refractivity contribution in [2.75, 3.05) is 37.8 Å². The van der Waals surface area contributed by atoms with E-state index in [4.69, 9.17) is 23.2 Å². The summed E-state index contributed by atoms with van der Waals surface area (Å²) in [6.07, 6.45) is 1.01. The van der Waals surface area contributed by atoms with E-state index >= 15 is 0 Å². The third kappa shape index (κ3) is 5.89. The summed E-state index contributed by atoms with van der Waals surface area (Å²) in [4.78, 5) is 6.68. The topological polar surface area (TPSA) is 40.2 Å². The average molecular weight is 333 g/mol. The Hall–Kier alpha value is -0.710. The second kappa shape index (κ2) is 8.66. The van der Waals surface area contributed by atoms with Gasteiger partial charge >= 0.3 is 0 Å². The number of nitrogens with zero attached hydrogens (tertiary/aromatic N) is 2. The Morgan fingerprint density at radius 1 is 1.19 bits per heavy atom. The molecule has 1 heterocycles. The van der Waals surface area contributed by atoms with Crippen molar-refractivity contribution < 1.29 is 0 Å². The number of hydrogen-bond acceptors (Lipinski definition) is 4. The number of anilines is 2. The zero-order chi connectivity index (χ0) is 16.0. The van der Waals surface area contributed by atoms with Gasteiger partial charge in [0.15, 0.2) is 0 Å². The lowest BCUT2D eigenvalue weighted by Gasteiger charge is -2.26. The summed E-state index contributed by atoms with van der Waals surface area (Å²) >= 11 is 12.4. The fourth-order valence-corrected chi connectivity index (χ4v) is 2.41. The minimum absolute atomic E-state index is 0.269. The van der Waals surface area contributed by atoms with E-state index in [1.165, 1.54) is 0 Å². The highest BCUT2D eigenvalue weighted by atomic mass is 35.5. The van der Waals surface area contributed by atoms with Gasteiger partial charge in [-0.25, -0.2) is 4.98 Å². The highest BCUT2D eigenvalue weighted by Crippen LogP contribution is 2.30. The first-order valence-corrected chi connectivity index (χ1v) is 8.11. The van der Waals surface area contributed by atoms with E-state index in [2.05, 4.69) is 55.4 Å². The van der Waals surface area contributed by atoms with Gasteiger partial charge in [0, 0.05) is 19.1 Å². The van der Waals surface area contributed by atoms with Gasteiger partial charge in [-0.1, -0.05) is 44.0 Å². The zero-order valence-electron chi connectivity index (χ0n) is 13.5. The minimum atomic E-state index is 0.269. The van der Waals surface area contributed by atoms with Crippen LogP contribution < -0.4 is 10.6 Å². The molecule has 0 aliphatic carbocycles. The Labute approximate surface area is 138 Å². The van der Waals surface area contributed by atoms with Crippen molar-refractivity contribution in [2.24, 2.45) is 5.92 Å². The van der Waals surface area contributed by atoms with Crippen LogP contribution in [-0.4, -0.2) is 43.1 Å². The average Bonchev–Trinajstić information content (AvgIpc) is 2.38. The quantitative estimate of drug-likeness (QED) is 0.748. The lowest BCUT2D eigenvalue weighted by atomic mass is 10.0. The van der Waals surface area contributed by atoms with Crippen LogP contribution in [0.2, 0.25) is 10.0 Å². The number of hydrogen-bond donors (Lipinski definition) is 2. The highest BCUT2D eigenvalue weighted by molar-refractivity contribution is 6.37. The number of halogens is 2. The van der Waals surface area contributed by atoms with Gasteiger partial charge in [0.1, 0.15) is 11.6 Å². The smallest absolute Gasteiger partial charge is 0.147 e. The van der Waals surface area contributed by atoms with Crippen LogP contribution >= 0.6 is 23.2 Å². The highest BCUT2D eigenvalue weighted by Gasteiger charge is 2.17. The predicted molar refractivity (Wildman–Crippen MR) is 93.8 cm³/mol. The molecule has 0 radical (unpaired) electrons. The molecule has 0 aliphatic rings. The van der Waals surface area contributed by atoms with Crippen molar-refractivity contribution in [1.82, 2.24) is 9.88 Å². The molecule has 120 valence electrons. The summed E-state index contributed by atoms with van der Waals surface area (Å²) in [6, 6.07) is 2.01. The number of rotatable bonds is 8. The zero-order valence-corrected chi connectivity index (χ0v) is 15.0. The molecule has 1 atom stereocenters. The summed E-state index contributed by atoms with van der Waals surface area (Å²) in [5.74, 6) is 1.82. The van der Waals surface area contributed by atoms with Crippen LogP contribution in [0, 0.1) is 5.92 Å². The summed E-state index contributed by atoms with van der Waals surface area (Å²) in [7, 11) is 4.12. The second-order valence-electron chi connectivity index (χ2n) is 5.83. The Balaban J connectivity index is 2.94. The van der Waals surface area contributed by atoms with Crippen LogP contribution in [0.5, 0.6) is 0 Å². The molecule has 0 saturated heterocycles. The Kier molecular flexibility index (Phi) is 7.57. The number of nitrogens with one attached hydrogen (secondary N) is 2. The fraction of sp³-hybridized carbons (Fsp3) is 0.667. The van der Waals surface area contributed by atoms with Gasteiger partial charge in [0.25, 0.3) is 0 Å². The van der Waals surface area contributed by atoms with Crippen molar-refractivity contribution in [3.63, 3.8) is 0 Å². The summed E-state index contributed by atoms with van der Waals surface area (Å²) in [5, 5.41) is 7.76. The molecule has 1 rings (SSSR count). The largest absolute Gasteiger partial charge is 0.369 e. The van der Waals surface area contributed by atoms with Crippen molar-refractivity contribution in [3.8, 4) is 0 Å². The molecular weight excluding hydrogens is 307 g/mol. The Morgan fingerprint density at radius 2 is 1.81 bits per heavy atom. The van der Waals surface area contributed by atoms with E-state index in [1.807, 2.05) is 0 Å². The van der Waals surface area contributed by atoms with Crippen molar-refractivity contribution in [2.45, 2.75) is 33.2 Å². The van der Waals surface area contributed by atoms with Gasteiger partial charge in [0.05, 0.1) is 10.0 Å². The molecule has 0 saturated carbocycles. The SMILES string of the molecule is CCCNc1nc(NC(CN(C)C)C(C)C)c(Cl)cc1Cl. The van der Waals surface area contributed by atoms with E-state index in [9.17, 15) is 0 Å². The maximum atomic E-state index is 6.27. The molecule has 4 nitrogen and oxygen atoms in total. The monoisotopic (exact) mass is 332 g/mol. The predicted octanol–water partition coefficient (Wildman–Crippen LogP) is 4.21. The van der Waals surface area contributed by atoms with Crippen molar-refractivity contribution >= 4 is 34.8 Å². The van der Waals surface area contributed by atoms with Crippen LogP contribution in [0.4, 0.5) is 11.6 Å². The molecule has 21 heavy (non-hydrogen) atoms. The number of aromatic nitrogens is 1. The van der Waals surface area contributed by atoms with E-state index in [-0.39, 0.29) is 6.04 Å². The van der Waals surface area contributed by atoms with Crippen molar-refractivity contribution in [1.29, 1.82) is 0 Å². The van der Waals surface area contributed by atoms with Crippen LogP contribution in [-0.2, 0) is 0 Å². The molecule has 6 heteroatoms. The summed E-state index contributed by atoms with van der Waals surface area (Å²) in [6.45, 7) is 8.21. The maximum absolute atomic E-state index is 6.27. The van der Waals surface area contributed by atoms with Gasteiger partial charge < -0.3 is 15.5 Å². The fourth-order valence-electron chi connectivity index (χ4n) is 1.93. The Morgan fingerprint density at radius 3 is 2.33 bits per heavy atom. The van der Waals surface area contributed by atoms with Crippen LogP contribution in [0.25, 0.3) is 0 Å². The third-order valence-corrected chi connectivity index (χ3v) is 3.74.